The Balaban J connectivity index is 3.57. The summed E-state index contributed by atoms with van der Waals surface area (Å²) in [7, 11) is -3.95. The first kappa shape index (κ1) is 12.4. The van der Waals surface area contributed by atoms with Crippen LogP contribution in [0, 0.1) is 0 Å². The maximum atomic E-state index is 11.0. The van der Waals surface area contributed by atoms with E-state index in [-0.39, 0.29) is 20.0 Å². The van der Waals surface area contributed by atoms with E-state index in [1.807, 2.05) is 0 Å². The normalized spacial score (nSPS) is 11.4. The predicted octanol–water partition coefficient (Wildman–Crippen LogP) is 1.45. The van der Waals surface area contributed by atoms with Crippen molar-refractivity contribution in [2.45, 2.75) is 4.90 Å². The minimum absolute atomic E-state index is 0.0742. The Bertz CT molecular complexity index is 528. The molecule has 0 heterocycles. The van der Waals surface area contributed by atoms with Crippen molar-refractivity contribution in [1.29, 1.82) is 0 Å². The Morgan fingerprint density at radius 2 is 2.00 bits per heavy atom. The SMILES string of the molecule is NS(=O)(=O)c1cc(Br)c(Cl)c(C(=O)O)c1. The number of aromatic carboxylic acids is 1. The Morgan fingerprint density at radius 3 is 2.40 bits per heavy atom. The minimum atomic E-state index is -3.95. The van der Waals surface area contributed by atoms with Crippen molar-refractivity contribution >= 4 is 43.5 Å². The second-order valence-corrected chi connectivity index (χ2v) is 5.41. The molecule has 0 fully saturated rings. The first-order valence-corrected chi connectivity index (χ1v) is 6.20. The first-order valence-electron chi connectivity index (χ1n) is 3.48. The first-order chi connectivity index (χ1) is 6.73. The van der Waals surface area contributed by atoms with Gasteiger partial charge in [-0.3, -0.25) is 0 Å². The van der Waals surface area contributed by atoms with Crippen LogP contribution in [0.5, 0.6) is 0 Å². The van der Waals surface area contributed by atoms with E-state index in [1.165, 1.54) is 0 Å². The molecule has 0 aliphatic heterocycles. The number of benzene rings is 1. The summed E-state index contributed by atoms with van der Waals surface area (Å²) in [4.78, 5) is 10.4. The molecule has 0 atom stereocenters. The largest absolute Gasteiger partial charge is 0.478 e. The molecule has 0 unspecified atom stereocenters. The molecule has 0 aliphatic carbocycles. The number of hydrogen-bond donors (Lipinski definition) is 2. The third-order valence-electron chi connectivity index (χ3n) is 1.56. The average Bonchev–Trinajstić information content (AvgIpc) is 2.06. The maximum absolute atomic E-state index is 11.0. The highest BCUT2D eigenvalue weighted by Gasteiger charge is 2.17. The highest BCUT2D eigenvalue weighted by atomic mass is 79.9. The molecule has 1 aromatic carbocycles. The third kappa shape index (κ3) is 2.69. The van der Waals surface area contributed by atoms with E-state index in [0.29, 0.717) is 0 Å². The molecule has 82 valence electrons. The highest BCUT2D eigenvalue weighted by molar-refractivity contribution is 9.10. The van der Waals surface area contributed by atoms with Gasteiger partial charge in [0.25, 0.3) is 0 Å². The van der Waals surface area contributed by atoms with Gasteiger partial charge in [0.05, 0.1) is 15.5 Å². The van der Waals surface area contributed by atoms with Gasteiger partial charge in [-0.15, -0.1) is 0 Å². The van der Waals surface area contributed by atoms with Crippen LogP contribution < -0.4 is 5.14 Å². The van der Waals surface area contributed by atoms with Gasteiger partial charge >= 0.3 is 5.97 Å². The second-order valence-electron chi connectivity index (χ2n) is 2.62. The molecule has 1 aromatic rings. The lowest BCUT2D eigenvalue weighted by molar-refractivity contribution is 0.0696. The number of hydrogen-bond acceptors (Lipinski definition) is 3. The molecule has 5 nitrogen and oxygen atoms in total. The Morgan fingerprint density at radius 1 is 1.47 bits per heavy atom. The van der Waals surface area contributed by atoms with E-state index >= 15 is 0 Å². The minimum Gasteiger partial charge on any atom is -0.478 e. The lowest BCUT2D eigenvalue weighted by Crippen LogP contribution is -2.13. The molecular weight excluding hydrogens is 310 g/mol. The van der Waals surface area contributed by atoms with Gasteiger partial charge < -0.3 is 5.11 Å². The maximum Gasteiger partial charge on any atom is 0.337 e. The fourth-order valence-corrected chi connectivity index (χ4v) is 2.25. The van der Waals surface area contributed by atoms with Crippen LogP contribution >= 0.6 is 27.5 Å². The van der Waals surface area contributed by atoms with Crippen molar-refractivity contribution in [3.63, 3.8) is 0 Å². The number of carboxylic acid groups (broad SMARTS) is 1. The Kier molecular flexibility index (Phi) is 3.39. The number of halogens is 2. The number of rotatable bonds is 2. The van der Waals surface area contributed by atoms with Crippen LogP contribution in [0.1, 0.15) is 10.4 Å². The summed E-state index contributed by atoms with van der Waals surface area (Å²) < 4.78 is 22.1. The van der Waals surface area contributed by atoms with Crippen molar-refractivity contribution in [3.05, 3.63) is 27.2 Å². The lowest BCUT2D eigenvalue weighted by Gasteiger charge is -2.04. The lowest BCUT2D eigenvalue weighted by atomic mass is 10.2. The zero-order valence-electron chi connectivity index (χ0n) is 7.07. The van der Waals surface area contributed by atoms with E-state index < -0.39 is 16.0 Å². The van der Waals surface area contributed by atoms with Crippen LogP contribution in [-0.4, -0.2) is 19.5 Å². The molecule has 0 bridgehead atoms. The van der Waals surface area contributed by atoms with Crippen molar-refractivity contribution in [1.82, 2.24) is 0 Å². The molecular formula is C7H5BrClNO4S. The fourth-order valence-electron chi connectivity index (χ4n) is 0.884. The van der Waals surface area contributed by atoms with Gasteiger partial charge in [0.2, 0.25) is 10.0 Å². The van der Waals surface area contributed by atoms with Gasteiger partial charge in [-0.25, -0.2) is 18.4 Å². The van der Waals surface area contributed by atoms with Gasteiger partial charge in [0.1, 0.15) is 0 Å². The van der Waals surface area contributed by atoms with Crippen LogP contribution in [0.2, 0.25) is 5.02 Å². The summed E-state index contributed by atoms with van der Waals surface area (Å²) in [5.41, 5.74) is -0.324. The van der Waals surface area contributed by atoms with Crippen LogP contribution in [-0.2, 0) is 10.0 Å². The molecule has 15 heavy (non-hydrogen) atoms. The molecule has 0 spiro atoms. The number of nitrogens with two attached hydrogens (primary N) is 1. The third-order valence-corrected chi connectivity index (χ3v) is 3.71. The number of carboxylic acids is 1. The van der Waals surface area contributed by atoms with Gasteiger partial charge in [-0.2, -0.15) is 0 Å². The summed E-state index contributed by atoms with van der Waals surface area (Å²) in [6, 6.07) is 2.05. The molecule has 0 radical (unpaired) electrons. The fraction of sp³-hybridized carbons (Fsp3) is 0. The topological polar surface area (TPSA) is 97.5 Å². The molecule has 0 aliphatic rings. The predicted molar refractivity (Wildman–Crippen MR) is 57.5 cm³/mol. The molecule has 0 amide bonds. The molecule has 0 aromatic heterocycles. The van der Waals surface area contributed by atoms with Crippen molar-refractivity contribution < 1.29 is 18.3 Å². The number of sulfonamides is 1. The van der Waals surface area contributed by atoms with Crippen LogP contribution in [0.15, 0.2) is 21.5 Å². The van der Waals surface area contributed by atoms with E-state index in [2.05, 4.69) is 15.9 Å². The van der Waals surface area contributed by atoms with Gasteiger partial charge in [0, 0.05) is 4.47 Å². The monoisotopic (exact) mass is 313 g/mol. The summed E-state index contributed by atoms with van der Waals surface area (Å²) in [6.07, 6.45) is 0. The summed E-state index contributed by atoms with van der Waals surface area (Å²) >= 11 is 8.59. The quantitative estimate of drug-likeness (QED) is 0.863. The Labute approximate surface area is 99.0 Å². The van der Waals surface area contributed by atoms with Gasteiger partial charge in [-0.1, -0.05) is 11.6 Å². The summed E-state index contributed by atoms with van der Waals surface area (Å²) in [6.45, 7) is 0. The standard InChI is InChI=1S/C7H5BrClNO4S/c8-5-2-3(15(10,13)14)1-4(6(5)9)7(11)12/h1-2H,(H,11,12)(H2,10,13,14). The molecule has 3 N–H and O–H groups in total. The van der Waals surface area contributed by atoms with Gasteiger partial charge in [-0.05, 0) is 28.1 Å². The average molecular weight is 315 g/mol. The second kappa shape index (κ2) is 4.09. The van der Waals surface area contributed by atoms with Crippen LogP contribution in [0.4, 0.5) is 0 Å². The zero-order valence-corrected chi connectivity index (χ0v) is 10.2. The zero-order chi connectivity index (χ0) is 11.8. The smallest absolute Gasteiger partial charge is 0.337 e. The van der Waals surface area contributed by atoms with Crippen LogP contribution in [0.25, 0.3) is 0 Å². The molecule has 0 saturated heterocycles. The van der Waals surface area contributed by atoms with Crippen molar-refractivity contribution in [2.75, 3.05) is 0 Å². The summed E-state index contributed by atoms with van der Waals surface area (Å²) in [5, 5.41) is 13.5. The van der Waals surface area contributed by atoms with Crippen molar-refractivity contribution in [3.8, 4) is 0 Å². The number of primary sulfonamides is 1. The van der Waals surface area contributed by atoms with E-state index in [0.717, 1.165) is 12.1 Å². The van der Waals surface area contributed by atoms with E-state index in [9.17, 15) is 13.2 Å². The van der Waals surface area contributed by atoms with E-state index in [4.69, 9.17) is 21.8 Å². The molecule has 8 heteroatoms. The van der Waals surface area contributed by atoms with Crippen molar-refractivity contribution in [2.24, 2.45) is 5.14 Å². The number of carbonyl (C=O) groups is 1. The van der Waals surface area contributed by atoms with Crippen LogP contribution in [0.3, 0.4) is 0 Å². The van der Waals surface area contributed by atoms with Gasteiger partial charge in [0.15, 0.2) is 0 Å². The highest BCUT2D eigenvalue weighted by Crippen LogP contribution is 2.29. The summed E-state index contributed by atoms with van der Waals surface area (Å²) in [5.74, 6) is -1.33. The Hall–Kier alpha value is -0.630. The van der Waals surface area contributed by atoms with E-state index in [1.54, 1.807) is 0 Å². The molecule has 1 rings (SSSR count). The molecule has 0 saturated carbocycles.